The normalized spacial score (nSPS) is 19.8. The van der Waals surface area contributed by atoms with Crippen LogP contribution in [0.4, 0.5) is 32.7 Å². The molecule has 186 valence electrons. The molecule has 0 unspecified atom stereocenters. The summed E-state index contributed by atoms with van der Waals surface area (Å²) >= 11 is 0. The van der Waals surface area contributed by atoms with Gasteiger partial charge in [0.2, 0.25) is 0 Å². The third-order valence-corrected chi connectivity index (χ3v) is 6.44. The second-order valence-electron chi connectivity index (χ2n) is 10.1. The molecule has 0 aliphatic carbocycles. The number of rotatable bonds is 2. The van der Waals surface area contributed by atoms with Crippen LogP contribution in [0.1, 0.15) is 33.6 Å². The molecule has 3 aliphatic rings. The maximum atomic E-state index is 13.3. The average molecular weight is 481 g/mol. The molecule has 2 fully saturated rings. The lowest BCUT2D eigenvalue weighted by atomic mass is 10.2. The van der Waals surface area contributed by atoms with Crippen molar-refractivity contribution in [1.82, 2.24) is 19.9 Å². The first-order valence-electron chi connectivity index (χ1n) is 12.1. The highest BCUT2D eigenvalue weighted by Crippen LogP contribution is 2.40. The summed E-state index contributed by atoms with van der Waals surface area (Å²) in [5.74, 6) is 1.92. The number of nitrogens with one attached hydrogen (secondary N) is 1. The Morgan fingerprint density at radius 3 is 2.69 bits per heavy atom. The first-order chi connectivity index (χ1) is 16.8. The summed E-state index contributed by atoms with van der Waals surface area (Å²) in [5.41, 5.74) is 0.443. The Hall–Kier alpha value is -3.63. The molecule has 5 rings (SSSR count). The Bertz CT molecular complexity index is 1090. The number of hydrogen-bond acceptors (Lipinski definition) is 8. The molecule has 1 atom stereocenters. The van der Waals surface area contributed by atoms with Crippen molar-refractivity contribution in [3.8, 4) is 0 Å². The van der Waals surface area contributed by atoms with Gasteiger partial charge in [-0.1, -0.05) is 0 Å². The van der Waals surface area contributed by atoms with Crippen LogP contribution < -0.4 is 20.0 Å². The summed E-state index contributed by atoms with van der Waals surface area (Å²) in [4.78, 5) is 46.9. The average Bonchev–Trinajstić information content (AvgIpc) is 3.07. The van der Waals surface area contributed by atoms with Gasteiger partial charge in [-0.15, -0.1) is 0 Å². The fourth-order valence-electron chi connectivity index (χ4n) is 4.83. The third-order valence-electron chi connectivity index (χ3n) is 6.44. The van der Waals surface area contributed by atoms with Gasteiger partial charge in [-0.2, -0.15) is 0 Å². The van der Waals surface area contributed by atoms with Gasteiger partial charge in [-0.25, -0.2) is 24.5 Å². The van der Waals surface area contributed by atoms with Crippen molar-refractivity contribution in [3.05, 3.63) is 30.7 Å². The molecule has 0 aromatic carbocycles. The molecule has 11 nitrogen and oxygen atoms in total. The summed E-state index contributed by atoms with van der Waals surface area (Å²) in [6, 6.07) is 5.55. The molecule has 35 heavy (non-hydrogen) atoms. The predicted octanol–water partition coefficient (Wildman–Crippen LogP) is 2.95. The van der Waals surface area contributed by atoms with Crippen molar-refractivity contribution < 1.29 is 14.3 Å². The maximum Gasteiger partial charge on any atom is 0.410 e. The summed E-state index contributed by atoms with van der Waals surface area (Å²) in [6.45, 7) is 9.92. The van der Waals surface area contributed by atoms with Crippen LogP contribution >= 0.6 is 0 Å². The predicted molar refractivity (Wildman–Crippen MR) is 133 cm³/mol. The van der Waals surface area contributed by atoms with E-state index in [-0.39, 0.29) is 18.2 Å². The molecule has 2 aromatic rings. The second kappa shape index (κ2) is 9.20. The van der Waals surface area contributed by atoms with Crippen molar-refractivity contribution in [1.29, 1.82) is 0 Å². The summed E-state index contributed by atoms with van der Waals surface area (Å²) in [5, 5.41) is 2.89. The van der Waals surface area contributed by atoms with E-state index in [1.54, 1.807) is 22.1 Å². The number of aromatic nitrogens is 3. The minimum absolute atomic E-state index is 0.0545. The van der Waals surface area contributed by atoms with E-state index in [1.807, 2.05) is 26.8 Å². The minimum Gasteiger partial charge on any atom is -0.444 e. The van der Waals surface area contributed by atoms with E-state index in [4.69, 9.17) is 9.72 Å². The molecule has 0 radical (unpaired) electrons. The first kappa shape index (κ1) is 23.1. The van der Waals surface area contributed by atoms with Gasteiger partial charge in [0.15, 0.2) is 5.82 Å². The molecular weight excluding hydrogens is 448 g/mol. The van der Waals surface area contributed by atoms with E-state index >= 15 is 0 Å². The van der Waals surface area contributed by atoms with E-state index in [0.717, 1.165) is 44.0 Å². The first-order valence-corrected chi connectivity index (χ1v) is 12.1. The van der Waals surface area contributed by atoms with Gasteiger partial charge in [0, 0.05) is 45.5 Å². The van der Waals surface area contributed by atoms with Gasteiger partial charge < -0.3 is 19.4 Å². The number of urea groups is 1. The van der Waals surface area contributed by atoms with E-state index in [9.17, 15) is 9.59 Å². The van der Waals surface area contributed by atoms with Gasteiger partial charge in [0.05, 0.1) is 11.7 Å². The van der Waals surface area contributed by atoms with Crippen molar-refractivity contribution in [2.75, 3.05) is 59.3 Å². The fraction of sp³-hybridized carbons (Fsp3) is 0.542. The maximum absolute atomic E-state index is 13.3. The second-order valence-corrected chi connectivity index (χ2v) is 10.1. The number of pyridine rings is 1. The summed E-state index contributed by atoms with van der Waals surface area (Å²) in [7, 11) is 0. The van der Waals surface area contributed by atoms with Gasteiger partial charge in [-0.3, -0.25) is 10.2 Å². The van der Waals surface area contributed by atoms with E-state index in [2.05, 4.69) is 31.2 Å². The van der Waals surface area contributed by atoms with Gasteiger partial charge in [-0.05, 0) is 51.8 Å². The smallest absolute Gasteiger partial charge is 0.410 e. The van der Waals surface area contributed by atoms with Crippen molar-refractivity contribution >= 4 is 35.3 Å². The van der Waals surface area contributed by atoms with Crippen LogP contribution in [-0.4, -0.2) is 82.9 Å². The monoisotopic (exact) mass is 480 g/mol. The molecule has 3 aliphatic heterocycles. The quantitative estimate of drug-likeness (QED) is 0.699. The lowest BCUT2D eigenvalue weighted by Gasteiger charge is -2.36. The Balaban J connectivity index is 1.35. The molecule has 11 heteroatoms. The number of nitrogens with zero attached hydrogens (tertiary/aromatic N) is 7. The highest BCUT2D eigenvalue weighted by atomic mass is 16.6. The van der Waals surface area contributed by atoms with Crippen LogP contribution in [-0.2, 0) is 4.74 Å². The number of carbonyl (C=O) groups is 2. The molecule has 3 amide bonds. The largest absolute Gasteiger partial charge is 0.444 e. The lowest BCUT2D eigenvalue weighted by molar-refractivity contribution is 0.0263. The highest BCUT2D eigenvalue weighted by molar-refractivity contribution is 6.04. The van der Waals surface area contributed by atoms with E-state index < -0.39 is 5.60 Å². The standard InChI is InChI=1S/C24H32N8O3/c1-24(2,3)35-23(34)30-11-4-10-29(13-14-30)20-6-5-18-21(28-20)32(17-8-12-31(18)15-17)22(33)27-19-7-9-25-16-26-19/h5-7,9,16-17H,4,8,10-15H2,1-3H3,(H,25,26,27,33)/t17-/m0/s1. The number of hydrogen-bond donors (Lipinski definition) is 1. The SMILES string of the molecule is CC(C)(C)OC(=O)N1CCCN(c2ccc3c(n2)N(C(=O)Nc2ccncn2)[C@H]2CCN3C2)CC1. The number of anilines is 4. The number of fused-ring (bicyclic) bond motifs is 4. The molecule has 1 N–H and O–H groups in total. The number of amides is 3. The molecule has 0 spiro atoms. The Morgan fingerprint density at radius 2 is 1.91 bits per heavy atom. The number of carbonyl (C=O) groups excluding carboxylic acids is 2. The topological polar surface area (TPSA) is 107 Å². The van der Waals surface area contributed by atoms with Crippen LogP contribution in [0, 0.1) is 0 Å². The van der Waals surface area contributed by atoms with Crippen molar-refractivity contribution in [2.24, 2.45) is 0 Å². The lowest BCUT2D eigenvalue weighted by Crippen LogP contribution is -2.48. The molecule has 5 heterocycles. The van der Waals surface area contributed by atoms with E-state index in [1.165, 1.54) is 6.33 Å². The zero-order valence-corrected chi connectivity index (χ0v) is 20.5. The molecule has 2 aromatic heterocycles. The third kappa shape index (κ3) is 4.94. The van der Waals surface area contributed by atoms with Crippen LogP contribution in [0.3, 0.4) is 0 Å². The summed E-state index contributed by atoms with van der Waals surface area (Å²) < 4.78 is 5.56. The van der Waals surface area contributed by atoms with Crippen LogP contribution in [0.2, 0.25) is 0 Å². The zero-order chi connectivity index (χ0) is 24.6. The Labute approximate surface area is 205 Å². The van der Waals surface area contributed by atoms with Crippen molar-refractivity contribution in [3.63, 3.8) is 0 Å². The van der Waals surface area contributed by atoms with Crippen LogP contribution in [0.5, 0.6) is 0 Å². The minimum atomic E-state index is -0.520. The van der Waals surface area contributed by atoms with Gasteiger partial charge >= 0.3 is 12.1 Å². The number of ether oxygens (including phenoxy) is 1. The molecule has 2 bridgehead atoms. The fourth-order valence-corrected chi connectivity index (χ4v) is 4.83. The molecular formula is C24H32N8O3. The van der Waals surface area contributed by atoms with Gasteiger partial charge in [0.1, 0.15) is 23.6 Å². The highest BCUT2D eigenvalue weighted by Gasteiger charge is 2.40. The zero-order valence-electron chi connectivity index (χ0n) is 20.5. The van der Waals surface area contributed by atoms with Crippen LogP contribution in [0.15, 0.2) is 30.7 Å². The van der Waals surface area contributed by atoms with Crippen molar-refractivity contribution in [2.45, 2.75) is 45.3 Å². The van der Waals surface area contributed by atoms with E-state index in [0.29, 0.717) is 31.3 Å². The Morgan fingerprint density at radius 1 is 1.06 bits per heavy atom. The van der Waals surface area contributed by atoms with Gasteiger partial charge in [0.25, 0.3) is 0 Å². The molecule has 0 saturated carbocycles. The Kier molecular flexibility index (Phi) is 6.08. The van der Waals surface area contributed by atoms with Crippen LogP contribution in [0.25, 0.3) is 0 Å². The summed E-state index contributed by atoms with van der Waals surface area (Å²) in [6.07, 6.45) is 4.42. The molecule has 2 saturated heterocycles.